The fourth-order valence-electron chi connectivity index (χ4n) is 4.50. The summed E-state index contributed by atoms with van der Waals surface area (Å²) in [6.07, 6.45) is 5.13. The number of nitrogens with one attached hydrogen (secondary N) is 1. The van der Waals surface area contributed by atoms with E-state index in [-0.39, 0.29) is 0 Å². The van der Waals surface area contributed by atoms with Crippen LogP contribution in [-0.2, 0) is 13.6 Å². The van der Waals surface area contributed by atoms with Crippen molar-refractivity contribution in [3.8, 4) is 0 Å². The number of fused-ring (bicyclic) bond motifs is 1. The van der Waals surface area contributed by atoms with Crippen LogP contribution in [0, 0.1) is 5.92 Å². The first-order valence-electron chi connectivity index (χ1n) is 11.9. The molecule has 1 aromatic carbocycles. The summed E-state index contributed by atoms with van der Waals surface area (Å²) in [5.41, 5.74) is 8.99. The molecule has 0 spiro atoms. The zero-order valence-electron chi connectivity index (χ0n) is 20.0. The third-order valence-corrected chi connectivity index (χ3v) is 7.28. The quantitative estimate of drug-likeness (QED) is 0.323. The average molecular weight is 608 g/mol. The second-order valence-electron chi connectivity index (χ2n) is 8.82. The predicted molar refractivity (Wildman–Crippen MR) is 148 cm³/mol. The first-order valence-corrected chi connectivity index (χ1v) is 14.1. The maximum atomic E-state index is 11.2. The second kappa shape index (κ2) is 12.1. The van der Waals surface area contributed by atoms with Gasteiger partial charge in [-0.3, -0.25) is 4.79 Å². The molecule has 0 aliphatic carbocycles. The lowest BCUT2D eigenvalue weighted by atomic mass is 9.97. The van der Waals surface area contributed by atoms with Crippen LogP contribution >= 0.6 is 31.9 Å². The van der Waals surface area contributed by atoms with Crippen molar-refractivity contribution in [2.24, 2.45) is 18.7 Å². The molecule has 35 heavy (non-hydrogen) atoms. The SMILES string of the molecule is Cn1c(CNCC2CCN(c3ncc(C(N)=O)cn3)CC2)nc2cc(N(CCBr)CCBr)ccc21. The first kappa shape index (κ1) is 25.8. The minimum atomic E-state index is -0.506. The minimum Gasteiger partial charge on any atom is -0.370 e. The van der Waals surface area contributed by atoms with Gasteiger partial charge >= 0.3 is 0 Å². The summed E-state index contributed by atoms with van der Waals surface area (Å²) in [5.74, 6) is 1.80. The molecule has 0 bridgehead atoms. The highest BCUT2D eigenvalue weighted by Gasteiger charge is 2.21. The number of imidazole rings is 1. The van der Waals surface area contributed by atoms with Crippen LogP contribution in [0.4, 0.5) is 11.6 Å². The molecule has 1 aliphatic rings. The van der Waals surface area contributed by atoms with Gasteiger partial charge in [0.15, 0.2) is 0 Å². The van der Waals surface area contributed by atoms with Gasteiger partial charge in [-0.25, -0.2) is 15.0 Å². The highest BCUT2D eigenvalue weighted by molar-refractivity contribution is 9.09. The number of anilines is 2. The van der Waals surface area contributed by atoms with Gasteiger partial charge in [0, 0.05) is 62.0 Å². The molecule has 0 atom stereocenters. The Labute approximate surface area is 222 Å². The molecule has 1 amide bonds. The predicted octanol–water partition coefficient (Wildman–Crippen LogP) is 3.06. The number of hydrogen-bond donors (Lipinski definition) is 2. The molecule has 1 saturated heterocycles. The van der Waals surface area contributed by atoms with E-state index >= 15 is 0 Å². The zero-order chi connectivity index (χ0) is 24.8. The molecule has 9 nitrogen and oxygen atoms in total. The van der Waals surface area contributed by atoms with Crippen LogP contribution in [0.3, 0.4) is 0 Å². The summed E-state index contributed by atoms with van der Waals surface area (Å²) in [4.78, 5) is 29.3. The van der Waals surface area contributed by atoms with Crippen LogP contribution in [-0.4, -0.2) is 68.8 Å². The van der Waals surface area contributed by atoms with Crippen molar-refractivity contribution in [2.45, 2.75) is 19.4 Å². The Kier molecular flexibility index (Phi) is 8.96. The molecule has 3 N–H and O–H groups in total. The normalized spacial score (nSPS) is 14.5. The number of carbonyl (C=O) groups is 1. The zero-order valence-corrected chi connectivity index (χ0v) is 23.1. The van der Waals surface area contributed by atoms with Gasteiger partial charge in [-0.2, -0.15) is 0 Å². The maximum Gasteiger partial charge on any atom is 0.251 e. The summed E-state index contributed by atoms with van der Waals surface area (Å²) in [6, 6.07) is 6.55. The Morgan fingerprint density at radius 2 is 1.86 bits per heavy atom. The molecule has 4 rings (SSSR count). The molecule has 0 unspecified atom stereocenters. The van der Waals surface area contributed by atoms with Gasteiger partial charge in [0.25, 0.3) is 5.91 Å². The number of amides is 1. The van der Waals surface area contributed by atoms with Gasteiger partial charge in [-0.05, 0) is 43.5 Å². The number of primary amides is 1. The number of alkyl halides is 2. The van der Waals surface area contributed by atoms with Gasteiger partial charge in [-0.15, -0.1) is 0 Å². The molecule has 1 aliphatic heterocycles. The Hall–Kier alpha value is -2.24. The van der Waals surface area contributed by atoms with Gasteiger partial charge in [0.2, 0.25) is 5.95 Å². The van der Waals surface area contributed by atoms with Crippen LogP contribution < -0.4 is 20.9 Å². The largest absolute Gasteiger partial charge is 0.370 e. The number of rotatable bonds is 11. The highest BCUT2D eigenvalue weighted by atomic mass is 79.9. The Morgan fingerprint density at radius 3 is 2.49 bits per heavy atom. The fourth-order valence-corrected chi connectivity index (χ4v) is 5.36. The van der Waals surface area contributed by atoms with E-state index in [4.69, 9.17) is 10.7 Å². The van der Waals surface area contributed by atoms with Crippen molar-refractivity contribution in [3.63, 3.8) is 0 Å². The van der Waals surface area contributed by atoms with Crippen molar-refractivity contribution >= 4 is 60.4 Å². The van der Waals surface area contributed by atoms with E-state index < -0.39 is 5.91 Å². The lowest BCUT2D eigenvalue weighted by Crippen LogP contribution is -2.38. The van der Waals surface area contributed by atoms with Crippen molar-refractivity contribution in [1.29, 1.82) is 0 Å². The van der Waals surface area contributed by atoms with E-state index in [1.807, 2.05) is 0 Å². The average Bonchev–Trinajstić information content (AvgIpc) is 3.19. The number of nitrogens with zero attached hydrogens (tertiary/aromatic N) is 6. The summed E-state index contributed by atoms with van der Waals surface area (Å²) in [7, 11) is 2.09. The standard InChI is InChI=1S/C24H32Br2N8O/c1-32-21-3-2-19(33(10-6-25)11-7-26)12-20(21)31-22(32)16-28-13-17-4-8-34(9-5-17)24-29-14-18(15-30-24)23(27)35/h2-3,12,14-15,17,28H,4-11,13,16H2,1H3,(H2,27,35). The first-order chi connectivity index (χ1) is 17.0. The molecule has 11 heteroatoms. The molecule has 3 heterocycles. The van der Waals surface area contributed by atoms with Gasteiger partial charge < -0.3 is 25.4 Å². The van der Waals surface area contributed by atoms with Crippen molar-refractivity contribution < 1.29 is 4.79 Å². The van der Waals surface area contributed by atoms with Crippen LogP contribution in [0.25, 0.3) is 11.0 Å². The van der Waals surface area contributed by atoms with Gasteiger partial charge in [0.1, 0.15) is 5.82 Å². The number of nitrogens with two attached hydrogens (primary N) is 1. The summed E-state index contributed by atoms with van der Waals surface area (Å²) < 4.78 is 2.18. The topological polar surface area (TPSA) is 105 Å². The molecule has 188 valence electrons. The number of halogens is 2. The smallest absolute Gasteiger partial charge is 0.251 e. The number of piperidine rings is 1. The van der Waals surface area contributed by atoms with Crippen molar-refractivity contribution in [2.75, 3.05) is 53.2 Å². The monoisotopic (exact) mass is 606 g/mol. The van der Waals surface area contributed by atoms with E-state index in [1.54, 1.807) is 0 Å². The van der Waals surface area contributed by atoms with Crippen molar-refractivity contribution in [3.05, 3.63) is 42.0 Å². The maximum absolute atomic E-state index is 11.2. The van der Waals surface area contributed by atoms with E-state index in [1.165, 1.54) is 18.1 Å². The number of hydrogen-bond acceptors (Lipinski definition) is 7. The third kappa shape index (κ3) is 6.31. The molecule has 2 aromatic heterocycles. The minimum absolute atomic E-state index is 0.334. The van der Waals surface area contributed by atoms with Gasteiger partial charge in [-0.1, -0.05) is 31.9 Å². The molecule has 1 fully saturated rings. The van der Waals surface area contributed by atoms with E-state index in [2.05, 4.69) is 86.8 Å². The van der Waals surface area contributed by atoms with E-state index in [9.17, 15) is 4.79 Å². The van der Waals surface area contributed by atoms with E-state index in [0.29, 0.717) is 17.4 Å². The Morgan fingerprint density at radius 1 is 1.17 bits per heavy atom. The van der Waals surface area contributed by atoms with Crippen molar-refractivity contribution in [1.82, 2.24) is 24.8 Å². The van der Waals surface area contributed by atoms with Crippen LogP contribution in [0.2, 0.25) is 0 Å². The fraction of sp³-hybridized carbons (Fsp3) is 0.500. The molecular formula is C24H32Br2N8O. The number of benzene rings is 1. The summed E-state index contributed by atoms with van der Waals surface area (Å²) >= 11 is 7.11. The van der Waals surface area contributed by atoms with Crippen LogP contribution in [0.1, 0.15) is 29.0 Å². The third-order valence-electron chi connectivity index (χ3n) is 6.57. The number of aryl methyl sites for hydroxylation is 1. The highest BCUT2D eigenvalue weighted by Crippen LogP contribution is 2.24. The lowest BCUT2D eigenvalue weighted by Gasteiger charge is -2.32. The Balaban J connectivity index is 1.29. The second-order valence-corrected chi connectivity index (χ2v) is 10.4. The molecule has 3 aromatic rings. The molecular weight excluding hydrogens is 576 g/mol. The summed E-state index contributed by atoms with van der Waals surface area (Å²) in [5, 5.41) is 5.49. The molecule has 0 radical (unpaired) electrons. The summed E-state index contributed by atoms with van der Waals surface area (Å²) in [6.45, 7) is 5.41. The number of aromatic nitrogens is 4. The van der Waals surface area contributed by atoms with Crippen LogP contribution in [0.15, 0.2) is 30.6 Å². The molecule has 0 saturated carbocycles. The van der Waals surface area contributed by atoms with Gasteiger partial charge in [0.05, 0.1) is 23.1 Å². The van der Waals surface area contributed by atoms with E-state index in [0.717, 1.165) is 79.6 Å². The Bertz CT molecular complexity index is 1120. The van der Waals surface area contributed by atoms with Crippen LogP contribution in [0.5, 0.6) is 0 Å². The lowest BCUT2D eigenvalue weighted by molar-refractivity contribution is 0.0999. The number of carbonyl (C=O) groups excluding carboxylic acids is 1.